The van der Waals surface area contributed by atoms with Gasteiger partial charge in [-0.2, -0.15) is 11.3 Å². The second-order valence-corrected chi connectivity index (χ2v) is 7.16. The highest BCUT2D eigenvalue weighted by Gasteiger charge is 2.27. The van der Waals surface area contributed by atoms with Gasteiger partial charge in [-0.1, -0.05) is 0 Å². The molecule has 1 saturated heterocycles. The lowest BCUT2D eigenvalue weighted by atomic mass is 10.1. The normalized spacial score (nSPS) is 18.9. The smallest absolute Gasteiger partial charge is 0.221 e. The minimum absolute atomic E-state index is 0.102. The van der Waals surface area contributed by atoms with Crippen molar-refractivity contribution in [3.63, 3.8) is 0 Å². The quantitative estimate of drug-likeness (QED) is 0.795. The van der Waals surface area contributed by atoms with Gasteiger partial charge >= 0.3 is 0 Å². The zero-order valence-corrected chi connectivity index (χ0v) is 15.2. The number of rotatable bonds is 7. The van der Waals surface area contributed by atoms with Gasteiger partial charge in [0, 0.05) is 25.2 Å². The summed E-state index contributed by atoms with van der Waals surface area (Å²) in [6.45, 7) is 3.36. The monoisotopic (exact) mass is 360 g/mol. The summed E-state index contributed by atoms with van der Waals surface area (Å²) in [5.74, 6) is 0.582. The minimum atomic E-state index is -0.533. The van der Waals surface area contributed by atoms with Crippen LogP contribution in [0.25, 0.3) is 0 Å². The number of β-amino-alcohol motifs (C(OH)–C–C–N with tert-alkyl or cyclic N) is 1. The second-order valence-electron chi connectivity index (χ2n) is 6.38. The van der Waals surface area contributed by atoms with E-state index in [-0.39, 0.29) is 12.5 Å². The molecule has 0 saturated carbocycles. The van der Waals surface area contributed by atoms with E-state index in [1.54, 1.807) is 35.6 Å². The van der Waals surface area contributed by atoms with Gasteiger partial charge in [0.1, 0.15) is 18.5 Å². The van der Waals surface area contributed by atoms with Crippen molar-refractivity contribution in [2.75, 3.05) is 25.0 Å². The van der Waals surface area contributed by atoms with Crippen LogP contribution in [0.15, 0.2) is 41.1 Å². The number of hydrogen-bond donors (Lipinski definition) is 2. The average molecular weight is 360 g/mol. The summed E-state index contributed by atoms with van der Waals surface area (Å²) in [5, 5.41) is 17.4. The first-order valence-corrected chi connectivity index (χ1v) is 9.51. The summed E-state index contributed by atoms with van der Waals surface area (Å²) in [5.41, 5.74) is 2.08. The molecule has 3 rings (SSSR count). The van der Waals surface area contributed by atoms with Crippen LogP contribution in [0.3, 0.4) is 0 Å². The molecule has 0 unspecified atom stereocenters. The number of likely N-dealkylation sites (tertiary alicyclic amines) is 1. The summed E-state index contributed by atoms with van der Waals surface area (Å²) in [6.07, 6.45) is 1.78. The van der Waals surface area contributed by atoms with Crippen LogP contribution in [0.1, 0.15) is 31.4 Å². The Labute approximate surface area is 152 Å². The molecular weight excluding hydrogens is 336 g/mol. The number of aliphatic hydroxyl groups excluding tert-OH is 1. The molecule has 2 atom stereocenters. The van der Waals surface area contributed by atoms with Gasteiger partial charge in [-0.3, -0.25) is 9.69 Å². The van der Waals surface area contributed by atoms with Crippen molar-refractivity contribution in [3.05, 3.63) is 46.7 Å². The largest absolute Gasteiger partial charge is 0.491 e. The molecule has 0 spiro atoms. The topological polar surface area (TPSA) is 61.8 Å². The number of carbonyl (C=O) groups excluding carboxylic acids is 1. The third-order valence-electron chi connectivity index (χ3n) is 4.35. The maximum atomic E-state index is 11.0. The fourth-order valence-electron chi connectivity index (χ4n) is 3.24. The van der Waals surface area contributed by atoms with Gasteiger partial charge in [-0.15, -0.1) is 0 Å². The number of thiophene rings is 1. The maximum absolute atomic E-state index is 11.0. The summed E-state index contributed by atoms with van der Waals surface area (Å²) >= 11 is 1.72. The fraction of sp³-hybridized carbons (Fsp3) is 0.421. The molecular formula is C19H24N2O3S. The predicted octanol–water partition coefficient (Wildman–Crippen LogP) is 3.28. The summed E-state index contributed by atoms with van der Waals surface area (Å²) in [7, 11) is 0. The number of amides is 1. The Balaban J connectivity index is 1.47. The number of nitrogens with zero attached hydrogens (tertiary/aromatic N) is 1. The molecule has 1 aromatic carbocycles. The lowest BCUT2D eigenvalue weighted by molar-refractivity contribution is -0.114. The van der Waals surface area contributed by atoms with E-state index in [4.69, 9.17) is 4.74 Å². The van der Waals surface area contributed by atoms with E-state index < -0.39 is 6.10 Å². The van der Waals surface area contributed by atoms with Gasteiger partial charge in [0.05, 0.1) is 0 Å². The van der Waals surface area contributed by atoms with Crippen LogP contribution in [0, 0.1) is 0 Å². The molecule has 1 fully saturated rings. The van der Waals surface area contributed by atoms with Crippen LogP contribution < -0.4 is 10.1 Å². The third kappa shape index (κ3) is 5.04. The molecule has 134 valence electrons. The van der Waals surface area contributed by atoms with Crippen molar-refractivity contribution in [2.24, 2.45) is 0 Å². The third-order valence-corrected chi connectivity index (χ3v) is 5.06. The van der Waals surface area contributed by atoms with Crippen molar-refractivity contribution in [3.8, 4) is 5.75 Å². The SMILES string of the molecule is CC(=O)Nc1ccc(OC[C@H](O)CN2CCC[C@@H]2c2ccsc2)cc1. The molecule has 2 N–H and O–H groups in total. The molecule has 25 heavy (non-hydrogen) atoms. The number of nitrogens with one attached hydrogen (secondary N) is 1. The molecule has 5 nitrogen and oxygen atoms in total. The van der Waals surface area contributed by atoms with Crippen molar-refractivity contribution in [1.82, 2.24) is 4.90 Å². The zero-order valence-electron chi connectivity index (χ0n) is 14.4. The number of anilines is 1. The maximum Gasteiger partial charge on any atom is 0.221 e. The molecule has 0 aliphatic carbocycles. The molecule has 2 heterocycles. The van der Waals surface area contributed by atoms with Crippen LogP contribution in [0.4, 0.5) is 5.69 Å². The fourth-order valence-corrected chi connectivity index (χ4v) is 3.95. The van der Waals surface area contributed by atoms with E-state index >= 15 is 0 Å². The first-order chi connectivity index (χ1) is 12.1. The number of hydrogen-bond acceptors (Lipinski definition) is 5. The van der Waals surface area contributed by atoms with Gasteiger partial charge in [0.15, 0.2) is 0 Å². The standard InChI is InChI=1S/C19H24N2O3S/c1-14(22)20-16-4-6-18(7-5-16)24-12-17(23)11-21-9-2-3-19(21)15-8-10-25-13-15/h4-8,10,13,17,19,23H,2-3,9,11-12H2,1H3,(H,20,22)/t17-,19-/m1/s1. The average Bonchev–Trinajstić information content (AvgIpc) is 3.24. The Morgan fingerprint density at radius 2 is 2.20 bits per heavy atom. The number of benzene rings is 1. The van der Waals surface area contributed by atoms with Gasteiger partial charge in [0.25, 0.3) is 0 Å². The van der Waals surface area contributed by atoms with Gasteiger partial charge < -0.3 is 15.2 Å². The molecule has 2 aromatic rings. The highest BCUT2D eigenvalue weighted by atomic mass is 32.1. The lowest BCUT2D eigenvalue weighted by Crippen LogP contribution is -2.35. The highest BCUT2D eigenvalue weighted by Crippen LogP contribution is 2.33. The first-order valence-electron chi connectivity index (χ1n) is 8.56. The number of carbonyl (C=O) groups is 1. The van der Waals surface area contributed by atoms with Crippen LogP contribution in [-0.4, -0.2) is 41.7 Å². The lowest BCUT2D eigenvalue weighted by Gasteiger charge is -2.26. The summed E-state index contributed by atoms with van der Waals surface area (Å²) < 4.78 is 5.68. The van der Waals surface area contributed by atoms with Gasteiger partial charge in [-0.25, -0.2) is 0 Å². The van der Waals surface area contributed by atoms with Crippen molar-refractivity contribution in [2.45, 2.75) is 31.9 Å². The van der Waals surface area contributed by atoms with Crippen LogP contribution in [0.5, 0.6) is 5.75 Å². The van der Waals surface area contributed by atoms with E-state index in [1.165, 1.54) is 18.9 Å². The molecule has 0 bridgehead atoms. The summed E-state index contributed by atoms with van der Waals surface area (Å²) in [4.78, 5) is 13.4. The van der Waals surface area contributed by atoms with Crippen LogP contribution in [-0.2, 0) is 4.79 Å². The Morgan fingerprint density at radius 1 is 1.40 bits per heavy atom. The molecule has 0 radical (unpaired) electrons. The predicted molar refractivity (Wildman–Crippen MR) is 100 cm³/mol. The van der Waals surface area contributed by atoms with Crippen molar-refractivity contribution < 1.29 is 14.6 Å². The van der Waals surface area contributed by atoms with E-state index in [9.17, 15) is 9.90 Å². The van der Waals surface area contributed by atoms with E-state index in [0.29, 0.717) is 18.3 Å². The van der Waals surface area contributed by atoms with Crippen molar-refractivity contribution >= 4 is 22.9 Å². The number of aliphatic hydroxyl groups is 1. The van der Waals surface area contributed by atoms with Crippen LogP contribution in [0.2, 0.25) is 0 Å². The highest BCUT2D eigenvalue weighted by molar-refractivity contribution is 7.07. The van der Waals surface area contributed by atoms with E-state index in [0.717, 1.165) is 18.7 Å². The summed E-state index contributed by atoms with van der Waals surface area (Å²) in [6, 6.07) is 9.75. The van der Waals surface area contributed by atoms with E-state index in [2.05, 4.69) is 27.0 Å². The molecule has 6 heteroatoms. The second kappa shape index (κ2) is 8.47. The first kappa shape index (κ1) is 17.9. The molecule has 1 amide bonds. The Bertz CT molecular complexity index is 672. The Kier molecular flexibility index (Phi) is 6.07. The Hall–Kier alpha value is -1.89. The van der Waals surface area contributed by atoms with E-state index in [1.807, 2.05) is 0 Å². The molecule has 1 aliphatic heterocycles. The molecule has 1 aliphatic rings. The van der Waals surface area contributed by atoms with Gasteiger partial charge in [0.2, 0.25) is 5.91 Å². The molecule has 1 aromatic heterocycles. The van der Waals surface area contributed by atoms with Crippen LogP contribution >= 0.6 is 11.3 Å². The Morgan fingerprint density at radius 3 is 2.88 bits per heavy atom. The number of ether oxygens (including phenoxy) is 1. The van der Waals surface area contributed by atoms with Gasteiger partial charge in [-0.05, 0) is 66.0 Å². The van der Waals surface area contributed by atoms with Crippen molar-refractivity contribution in [1.29, 1.82) is 0 Å². The zero-order chi connectivity index (χ0) is 17.6. The minimum Gasteiger partial charge on any atom is -0.491 e.